The predicted molar refractivity (Wildman–Crippen MR) is 91.0 cm³/mol. The van der Waals surface area contributed by atoms with E-state index >= 15 is 0 Å². The second-order valence-corrected chi connectivity index (χ2v) is 7.40. The lowest BCUT2D eigenvalue weighted by atomic mass is 9.97. The van der Waals surface area contributed by atoms with Crippen LogP contribution in [0.1, 0.15) is 42.6 Å². The molecule has 1 saturated heterocycles. The maximum atomic E-state index is 12.8. The summed E-state index contributed by atoms with van der Waals surface area (Å²) < 4.78 is 0. The lowest BCUT2D eigenvalue weighted by Crippen LogP contribution is -2.44. The summed E-state index contributed by atoms with van der Waals surface area (Å²) in [7, 11) is 0. The Bertz CT molecular complexity index is 681. The number of carbonyl (C=O) groups excluding carboxylic acids is 1. The predicted octanol–water partition coefficient (Wildman–Crippen LogP) is 3.73. The largest absolute Gasteiger partial charge is 0.481 e. The molecule has 1 N–H and O–H groups in total. The zero-order chi connectivity index (χ0) is 16.2. The smallest absolute Gasteiger partial charge is 0.303 e. The van der Waals surface area contributed by atoms with Gasteiger partial charge in [-0.1, -0.05) is 6.07 Å². The van der Waals surface area contributed by atoms with Gasteiger partial charge in [0.15, 0.2) is 0 Å². The molecule has 1 amide bonds. The quantitative estimate of drug-likeness (QED) is 0.892. The summed E-state index contributed by atoms with van der Waals surface area (Å²) in [5.74, 6) is -0.879. The Morgan fingerprint density at radius 2 is 2.22 bits per heavy atom. The standard InChI is InChI=1S/C16H18N2O3S2/c19-14(20)7-6-11-4-1-2-8-18(11)16(21)12-10-23-15(17-12)13-5-3-9-22-13/h3,5,9-11H,1-2,4,6-8H2,(H,19,20). The van der Waals surface area contributed by atoms with Gasteiger partial charge in [0.05, 0.1) is 4.88 Å². The summed E-state index contributed by atoms with van der Waals surface area (Å²) in [5.41, 5.74) is 0.473. The first kappa shape index (κ1) is 16.1. The molecule has 122 valence electrons. The molecule has 0 aliphatic carbocycles. The minimum Gasteiger partial charge on any atom is -0.481 e. The van der Waals surface area contributed by atoms with Crippen molar-refractivity contribution in [2.75, 3.05) is 6.54 Å². The van der Waals surface area contributed by atoms with Crippen LogP contribution in [0.2, 0.25) is 0 Å². The zero-order valence-corrected chi connectivity index (χ0v) is 14.2. The summed E-state index contributed by atoms with van der Waals surface area (Å²) in [6.45, 7) is 0.689. The molecular formula is C16H18N2O3S2. The van der Waals surface area contributed by atoms with Crippen LogP contribution in [-0.2, 0) is 4.79 Å². The van der Waals surface area contributed by atoms with Crippen molar-refractivity contribution in [3.8, 4) is 9.88 Å². The van der Waals surface area contributed by atoms with Gasteiger partial charge in [-0.25, -0.2) is 4.98 Å². The third-order valence-corrected chi connectivity index (χ3v) is 5.92. The maximum Gasteiger partial charge on any atom is 0.303 e. The molecule has 3 heterocycles. The van der Waals surface area contributed by atoms with E-state index in [1.165, 1.54) is 11.3 Å². The number of amides is 1. The van der Waals surface area contributed by atoms with Crippen molar-refractivity contribution < 1.29 is 14.7 Å². The van der Waals surface area contributed by atoms with Crippen LogP contribution < -0.4 is 0 Å². The monoisotopic (exact) mass is 350 g/mol. The number of thiophene rings is 1. The highest BCUT2D eigenvalue weighted by Gasteiger charge is 2.29. The van der Waals surface area contributed by atoms with Crippen LogP contribution in [0, 0.1) is 0 Å². The van der Waals surface area contributed by atoms with Crippen molar-refractivity contribution in [2.45, 2.75) is 38.1 Å². The summed E-state index contributed by atoms with van der Waals surface area (Å²) in [5, 5.41) is 13.5. The van der Waals surface area contributed by atoms with Gasteiger partial charge in [-0.15, -0.1) is 22.7 Å². The Balaban J connectivity index is 1.73. The summed E-state index contributed by atoms with van der Waals surface area (Å²) in [6, 6.07) is 3.98. The Kier molecular flexibility index (Phi) is 5.07. The molecule has 5 nitrogen and oxygen atoms in total. The van der Waals surface area contributed by atoms with Crippen LogP contribution >= 0.6 is 22.7 Å². The molecule has 23 heavy (non-hydrogen) atoms. The van der Waals surface area contributed by atoms with Crippen LogP contribution in [0.15, 0.2) is 22.9 Å². The highest BCUT2D eigenvalue weighted by atomic mass is 32.1. The van der Waals surface area contributed by atoms with E-state index in [2.05, 4.69) is 4.98 Å². The third-order valence-electron chi connectivity index (χ3n) is 4.03. The van der Waals surface area contributed by atoms with Gasteiger partial charge in [-0.2, -0.15) is 0 Å². The number of carbonyl (C=O) groups is 2. The first-order valence-electron chi connectivity index (χ1n) is 7.67. The maximum absolute atomic E-state index is 12.8. The molecule has 2 aromatic rings. The Morgan fingerprint density at radius 3 is 2.96 bits per heavy atom. The van der Waals surface area contributed by atoms with Crippen molar-refractivity contribution in [3.63, 3.8) is 0 Å². The van der Waals surface area contributed by atoms with Crippen LogP contribution in [0.5, 0.6) is 0 Å². The normalized spacial score (nSPS) is 18.1. The molecule has 1 aliphatic rings. The van der Waals surface area contributed by atoms with Gasteiger partial charge in [0.1, 0.15) is 10.7 Å². The van der Waals surface area contributed by atoms with Crippen LogP contribution in [0.25, 0.3) is 9.88 Å². The van der Waals surface area contributed by atoms with Crippen molar-refractivity contribution >= 4 is 34.6 Å². The van der Waals surface area contributed by atoms with Gasteiger partial charge < -0.3 is 10.0 Å². The molecular weight excluding hydrogens is 332 g/mol. The van der Waals surface area contributed by atoms with E-state index in [1.54, 1.807) is 16.7 Å². The van der Waals surface area contributed by atoms with Gasteiger partial charge in [0.2, 0.25) is 0 Å². The number of aliphatic carboxylic acids is 1. The van der Waals surface area contributed by atoms with Crippen LogP contribution in [0.3, 0.4) is 0 Å². The van der Waals surface area contributed by atoms with Crippen molar-refractivity contribution in [1.29, 1.82) is 0 Å². The third kappa shape index (κ3) is 3.79. The number of hydrogen-bond acceptors (Lipinski definition) is 5. The molecule has 0 aromatic carbocycles. The number of nitrogens with zero attached hydrogens (tertiary/aromatic N) is 2. The van der Waals surface area contributed by atoms with Crippen LogP contribution in [0.4, 0.5) is 0 Å². The van der Waals surface area contributed by atoms with Gasteiger partial charge in [0.25, 0.3) is 5.91 Å². The van der Waals surface area contributed by atoms with Gasteiger partial charge in [-0.05, 0) is 37.1 Å². The first-order chi connectivity index (χ1) is 11.1. The second-order valence-electron chi connectivity index (χ2n) is 5.60. The minimum atomic E-state index is -0.809. The summed E-state index contributed by atoms with van der Waals surface area (Å²) in [4.78, 5) is 30.9. The lowest BCUT2D eigenvalue weighted by molar-refractivity contribution is -0.137. The van der Waals surface area contributed by atoms with E-state index in [9.17, 15) is 9.59 Å². The van der Waals surface area contributed by atoms with Crippen molar-refractivity contribution in [2.24, 2.45) is 0 Å². The average Bonchev–Trinajstić information content (AvgIpc) is 3.23. The Morgan fingerprint density at radius 1 is 1.35 bits per heavy atom. The fraction of sp³-hybridized carbons (Fsp3) is 0.438. The van der Waals surface area contributed by atoms with E-state index in [0.717, 1.165) is 29.1 Å². The molecule has 1 unspecified atom stereocenters. The molecule has 1 atom stereocenters. The number of rotatable bonds is 5. The molecule has 1 fully saturated rings. The fourth-order valence-electron chi connectivity index (χ4n) is 2.89. The summed E-state index contributed by atoms with van der Waals surface area (Å²) >= 11 is 3.08. The zero-order valence-electron chi connectivity index (χ0n) is 12.6. The number of piperidine rings is 1. The number of thiazole rings is 1. The number of hydrogen-bond donors (Lipinski definition) is 1. The SMILES string of the molecule is O=C(O)CCC1CCCCN1C(=O)c1csc(-c2cccs2)n1. The number of aromatic nitrogens is 1. The number of carboxylic acids is 1. The van der Waals surface area contributed by atoms with E-state index in [0.29, 0.717) is 18.7 Å². The topological polar surface area (TPSA) is 70.5 Å². The minimum absolute atomic E-state index is 0.0132. The molecule has 7 heteroatoms. The van der Waals surface area contributed by atoms with E-state index in [-0.39, 0.29) is 18.4 Å². The van der Waals surface area contributed by atoms with Crippen LogP contribution in [-0.4, -0.2) is 39.5 Å². The molecule has 0 spiro atoms. The average molecular weight is 350 g/mol. The van der Waals surface area contributed by atoms with Gasteiger partial charge in [0, 0.05) is 24.4 Å². The molecule has 3 rings (SSSR count). The molecule has 2 aromatic heterocycles. The van der Waals surface area contributed by atoms with E-state index in [1.807, 2.05) is 22.4 Å². The van der Waals surface area contributed by atoms with Crippen molar-refractivity contribution in [1.82, 2.24) is 9.88 Å². The van der Waals surface area contributed by atoms with Gasteiger partial charge >= 0.3 is 5.97 Å². The highest BCUT2D eigenvalue weighted by Crippen LogP contribution is 2.29. The van der Waals surface area contributed by atoms with Gasteiger partial charge in [-0.3, -0.25) is 9.59 Å². The second kappa shape index (κ2) is 7.23. The first-order valence-corrected chi connectivity index (χ1v) is 9.43. The molecule has 1 aliphatic heterocycles. The van der Waals surface area contributed by atoms with E-state index in [4.69, 9.17) is 5.11 Å². The Hall–Kier alpha value is -1.73. The highest BCUT2D eigenvalue weighted by molar-refractivity contribution is 7.20. The number of carboxylic acid groups (broad SMARTS) is 1. The molecule has 0 radical (unpaired) electrons. The molecule has 0 bridgehead atoms. The van der Waals surface area contributed by atoms with E-state index < -0.39 is 5.97 Å². The number of likely N-dealkylation sites (tertiary alicyclic amines) is 1. The lowest BCUT2D eigenvalue weighted by Gasteiger charge is -2.35. The Labute approximate surface area is 142 Å². The van der Waals surface area contributed by atoms with Crippen molar-refractivity contribution in [3.05, 3.63) is 28.6 Å². The fourth-order valence-corrected chi connectivity index (χ4v) is 4.50. The summed E-state index contributed by atoms with van der Waals surface area (Å²) in [6.07, 6.45) is 3.51. The molecule has 0 saturated carbocycles.